The molecule has 0 aliphatic carbocycles. The molecule has 2 aromatic rings. The van der Waals surface area contributed by atoms with Crippen LogP contribution in [0.25, 0.3) is 0 Å². The Morgan fingerprint density at radius 1 is 0.967 bits per heavy atom. The third kappa shape index (κ3) is 3.33. The van der Waals surface area contributed by atoms with Gasteiger partial charge in [-0.1, -0.05) is 0 Å². The van der Waals surface area contributed by atoms with E-state index in [0.717, 1.165) is 0 Å². The summed E-state index contributed by atoms with van der Waals surface area (Å²) in [6.07, 6.45) is 0. The lowest BCUT2D eigenvalue weighted by atomic mass is 9.80. The summed E-state index contributed by atoms with van der Waals surface area (Å²) < 4.78 is 77.9. The smallest absolute Gasteiger partial charge is 0.337 e. The molecule has 2 heterocycles. The second kappa shape index (κ2) is 7.10. The molecule has 1 N–H and O–H groups in total. The zero-order valence-electron chi connectivity index (χ0n) is 17.2. The van der Waals surface area contributed by atoms with Gasteiger partial charge in [-0.3, -0.25) is 4.68 Å². The van der Waals surface area contributed by atoms with E-state index in [1.54, 1.807) is 27.8 Å². The van der Waals surface area contributed by atoms with Gasteiger partial charge in [-0.2, -0.15) is 5.10 Å². The van der Waals surface area contributed by atoms with E-state index in [4.69, 9.17) is 4.74 Å². The molecule has 0 amide bonds. The van der Waals surface area contributed by atoms with Crippen molar-refractivity contribution in [2.45, 2.75) is 46.1 Å². The molecule has 1 aliphatic heterocycles. The van der Waals surface area contributed by atoms with Crippen molar-refractivity contribution in [1.29, 1.82) is 0 Å². The number of carbonyl (C=O) groups is 1. The van der Waals surface area contributed by atoms with Crippen molar-refractivity contribution < 1.29 is 31.5 Å². The molecular formula is C20H20F5N3O2. The molecule has 0 saturated carbocycles. The maximum atomic E-state index is 14.8. The number of fused-ring (bicyclic) bond motifs is 1. The Balaban J connectivity index is 2.38. The standard InChI is InChI=1S/C20H20F5N3O2/c1-7-10(19(29)30-20(3,4)5)11(9-8(2)27-28(6)18(9)26-7)12-13(21)15(23)17(25)16(24)14(12)22/h11,26H,1-6H3. The lowest BCUT2D eigenvalue weighted by Crippen LogP contribution is -2.31. The Morgan fingerprint density at radius 2 is 1.47 bits per heavy atom. The van der Waals surface area contributed by atoms with E-state index in [1.165, 1.54) is 18.5 Å². The highest BCUT2D eigenvalue weighted by Gasteiger charge is 2.42. The molecule has 1 aromatic heterocycles. The van der Waals surface area contributed by atoms with Crippen LogP contribution in [0.3, 0.4) is 0 Å². The van der Waals surface area contributed by atoms with Crippen LogP contribution in [0.5, 0.6) is 0 Å². The monoisotopic (exact) mass is 429 g/mol. The Morgan fingerprint density at radius 3 is 1.97 bits per heavy atom. The van der Waals surface area contributed by atoms with Gasteiger partial charge in [-0.05, 0) is 34.6 Å². The molecule has 1 atom stereocenters. The number of anilines is 1. The fourth-order valence-electron chi connectivity index (χ4n) is 3.54. The van der Waals surface area contributed by atoms with Crippen LogP contribution in [0.4, 0.5) is 27.8 Å². The van der Waals surface area contributed by atoms with Crippen molar-refractivity contribution in [3.05, 3.63) is 57.2 Å². The second-order valence-corrected chi connectivity index (χ2v) is 8.05. The first-order valence-electron chi connectivity index (χ1n) is 9.02. The summed E-state index contributed by atoms with van der Waals surface area (Å²) in [5.41, 5.74) is -1.85. The maximum absolute atomic E-state index is 14.8. The number of hydrogen-bond donors (Lipinski definition) is 1. The van der Waals surface area contributed by atoms with Gasteiger partial charge in [-0.15, -0.1) is 0 Å². The molecule has 0 bridgehead atoms. The molecule has 0 spiro atoms. The van der Waals surface area contributed by atoms with E-state index < -0.39 is 52.1 Å². The number of halogens is 5. The normalized spacial score (nSPS) is 16.4. The van der Waals surface area contributed by atoms with Gasteiger partial charge in [0.25, 0.3) is 0 Å². The summed E-state index contributed by atoms with van der Waals surface area (Å²) in [4.78, 5) is 12.9. The quantitative estimate of drug-likeness (QED) is 0.328. The summed E-state index contributed by atoms with van der Waals surface area (Å²) >= 11 is 0. The molecule has 5 nitrogen and oxygen atoms in total. The molecule has 0 fully saturated rings. The molecular weight excluding hydrogens is 409 g/mol. The number of nitrogens with one attached hydrogen (secondary N) is 1. The minimum Gasteiger partial charge on any atom is -0.457 e. The van der Waals surface area contributed by atoms with E-state index in [9.17, 15) is 26.7 Å². The summed E-state index contributed by atoms with van der Waals surface area (Å²) in [5.74, 6) is -12.8. The molecule has 162 valence electrons. The number of aryl methyl sites for hydroxylation is 2. The van der Waals surface area contributed by atoms with E-state index in [-0.39, 0.29) is 28.3 Å². The average molecular weight is 429 g/mol. The molecule has 1 aliphatic rings. The number of nitrogens with zero attached hydrogens (tertiary/aromatic N) is 2. The maximum Gasteiger partial charge on any atom is 0.337 e. The summed E-state index contributed by atoms with van der Waals surface area (Å²) in [6.45, 7) is 7.72. The van der Waals surface area contributed by atoms with Crippen molar-refractivity contribution in [2.75, 3.05) is 5.32 Å². The third-order valence-electron chi connectivity index (χ3n) is 4.71. The number of esters is 1. The largest absolute Gasteiger partial charge is 0.457 e. The Kier molecular flexibility index (Phi) is 5.16. The van der Waals surface area contributed by atoms with Crippen LogP contribution in [0, 0.1) is 36.0 Å². The summed E-state index contributed by atoms with van der Waals surface area (Å²) in [7, 11) is 1.54. The van der Waals surface area contributed by atoms with Crippen molar-refractivity contribution in [1.82, 2.24) is 9.78 Å². The molecule has 10 heteroatoms. The van der Waals surface area contributed by atoms with Crippen LogP contribution in [-0.2, 0) is 16.6 Å². The van der Waals surface area contributed by atoms with E-state index in [0.29, 0.717) is 0 Å². The molecule has 0 saturated heterocycles. The lowest BCUT2D eigenvalue weighted by molar-refractivity contribution is -0.150. The summed E-state index contributed by atoms with van der Waals surface area (Å²) in [6, 6.07) is 0. The van der Waals surface area contributed by atoms with Crippen molar-refractivity contribution in [2.24, 2.45) is 7.05 Å². The van der Waals surface area contributed by atoms with Gasteiger partial charge in [0.15, 0.2) is 23.3 Å². The highest BCUT2D eigenvalue weighted by Crippen LogP contribution is 2.46. The molecule has 0 radical (unpaired) electrons. The predicted molar refractivity (Wildman–Crippen MR) is 98.2 cm³/mol. The minimum atomic E-state index is -2.27. The zero-order valence-corrected chi connectivity index (χ0v) is 17.2. The number of aromatic nitrogens is 2. The minimum absolute atomic E-state index is 0.118. The number of hydrogen-bond acceptors (Lipinski definition) is 4. The molecule has 3 rings (SSSR count). The van der Waals surface area contributed by atoms with Gasteiger partial charge < -0.3 is 10.1 Å². The number of benzene rings is 1. The molecule has 1 aromatic carbocycles. The average Bonchev–Trinajstić information content (AvgIpc) is 2.90. The Bertz CT molecular complexity index is 1070. The third-order valence-corrected chi connectivity index (χ3v) is 4.71. The molecule has 1 unspecified atom stereocenters. The van der Waals surface area contributed by atoms with Gasteiger partial charge in [0, 0.05) is 23.9 Å². The highest BCUT2D eigenvalue weighted by molar-refractivity contribution is 5.95. The van der Waals surface area contributed by atoms with Crippen molar-refractivity contribution in [3.63, 3.8) is 0 Å². The van der Waals surface area contributed by atoms with Crippen LogP contribution < -0.4 is 5.32 Å². The lowest BCUT2D eigenvalue weighted by Gasteiger charge is -2.31. The molecule has 30 heavy (non-hydrogen) atoms. The number of ether oxygens (including phenoxy) is 1. The van der Waals surface area contributed by atoms with Crippen LogP contribution in [0.15, 0.2) is 11.3 Å². The van der Waals surface area contributed by atoms with Crippen LogP contribution >= 0.6 is 0 Å². The predicted octanol–water partition coefficient (Wildman–Crippen LogP) is 4.60. The topological polar surface area (TPSA) is 56.1 Å². The van der Waals surface area contributed by atoms with Gasteiger partial charge in [0.2, 0.25) is 5.82 Å². The van der Waals surface area contributed by atoms with Gasteiger partial charge >= 0.3 is 5.97 Å². The second-order valence-electron chi connectivity index (χ2n) is 8.05. The van der Waals surface area contributed by atoms with E-state index in [1.807, 2.05) is 0 Å². The van der Waals surface area contributed by atoms with Gasteiger partial charge in [-0.25, -0.2) is 26.7 Å². The number of allylic oxidation sites excluding steroid dienone is 1. The van der Waals surface area contributed by atoms with E-state index >= 15 is 0 Å². The van der Waals surface area contributed by atoms with Crippen LogP contribution in [-0.4, -0.2) is 21.4 Å². The van der Waals surface area contributed by atoms with Crippen molar-refractivity contribution in [3.8, 4) is 0 Å². The van der Waals surface area contributed by atoms with Gasteiger partial charge in [0.1, 0.15) is 11.4 Å². The number of rotatable bonds is 2. The zero-order chi connectivity index (χ0) is 22.7. The summed E-state index contributed by atoms with van der Waals surface area (Å²) in [5, 5.41) is 7.08. The first kappa shape index (κ1) is 21.8. The fraction of sp³-hybridized carbons (Fsp3) is 0.400. The number of carbonyl (C=O) groups excluding carboxylic acids is 1. The first-order chi connectivity index (χ1) is 13.8. The van der Waals surface area contributed by atoms with Crippen LogP contribution in [0.2, 0.25) is 0 Å². The van der Waals surface area contributed by atoms with Crippen LogP contribution in [0.1, 0.15) is 50.4 Å². The van der Waals surface area contributed by atoms with Gasteiger partial charge in [0.05, 0.1) is 17.2 Å². The Hall–Kier alpha value is -2.91. The fourth-order valence-corrected chi connectivity index (χ4v) is 3.54. The highest BCUT2D eigenvalue weighted by atomic mass is 19.2. The van der Waals surface area contributed by atoms with Crippen molar-refractivity contribution >= 4 is 11.8 Å². The SMILES string of the molecule is CC1=C(C(=O)OC(C)(C)C)C(c2c(F)c(F)c(F)c(F)c2F)c2c(C)nn(C)c2N1. The first-order valence-corrected chi connectivity index (χ1v) is 9.02. The van der Waals surface area contributed by atoms with E-state index in [2.05, 4.69) is 10.4 Å². The Labute approximate surface area is 169 Å².